The molecule has 0 saturated carbocycles. The summed E-state index contributed by atoms with van der Waals surface area (Å²) in [5, 5.41) is 5.60. The first-order valence-corrected chi connectivity index (χ1v) is 8.82. The quantitative estimate of drug-likeness (QED) is 0.729. The van der Waals surface area contributed by atoms with E-state index in [4.69, 9.17) is 4.74 Å². The second-order valence-corrected chi connectivity index (χ2v) is 6.57. The van der Waals surface area contributed by atoms with Crippen LogP contribution in [0.2, 0.25) is 0 Å². The van der Waals surface area contributed by atoms with Crippen molar-refractivity contribution in [3.63, 3.8) is 0 Å². The molecule has 2 aromatic carbocycles. The lowest BCUT2D eigenvalue weighted by Crippen LogP contribution is -2.15. The Morgan fingerprint density at radius 3 is 2.56 bits per heavy atom. The summed E-state index contributed by atoms with van der Waals surface area (Å²) in [6.45, 7) is 5.89. The zero-order valence-electron chi connectivity index (χ0n) is 14.5. The molecule has 0 aromatic heterocycles. The molecule has 5 nitrogen and oxygen atoms in total. The van der Waals surface area contributed by atoms with E-state index >= 15 is 0 Å². The predicted molar refractivity (Wildman–Crippen MR) is 103 cm³/mol. The number of carbonyl (C=O) groups excluding carboxylic acids is 2. The van der Waals surface area contributed by atoms with E-state index in [0.29, 0.717) is 29.3 Å². The average Bonchev–Trinajstić information content (AvgIpc) is 2.56. The molecule has 0 heterocycles. The van der Waals surface area contributed by atoms with Crippen molar-refractivity contribution >= 4 is 39.1 Å². The van der Waals surface area contributed by atoms with Crippen LogP contribution >= 0.6 is 15.9 Å². The minimum absolute atomic E-state index is 0.159. The molecule has 132 valence electrons. The van der Waals surface area contributed by atoms with Crippen molar-refractivity contribution in [3.05, 3.63) is 52.0 Å². The number of halogens is 1. The zero-order valence-corrected chi connectivity index (χ0v) is 16.1. The van der Waals surface area contributed by atoms with E-state index in [1.54, 1.807) is 24.3 Å². The first-order valence-electron chi connectivity index (χ1n) is 8.02. The maximum atomic E-state index is 12.7. The Bertz CT molecular complexity index is 790. The van der Waals surface area contributed by atoms with Gasteiger partial charge >= 0.3 is 0 Å². The fourth-order valence-electron chi connectivity index (χ4n) is 2.24. The van der Waals surface area contributed by atoms with Crippen molar-refractivity contribution in [1.82, 2.24) is 0 Å². The van der Waals surface area contributed by atoms with E-state index in [1.807, 2.05) is 26.0 Å². The molecule has 0 spiro atoms. The minimum atomic E-state index is -0.273. The van der Waals surface area contributed by atoms with Gasteiger partial charge in [0.25, 0.3) is 5.91 Å². The van der Waals surface area contributed by atoms with Gasteiger partial charge in [-0.15, -0.1) is 0 Å². The van der Waals surface area contributed by atoms with Crippen molar-refractivity contribution in [3.8, 4) is 5.75 Å². The molecular formula is C19H21BrN2O3. The van der Waals surface area contributed by atoms with E-state index in [9.17, 15) is 9.59 Å². The van der Waals surface area contributed by atoms with Gasteiger partial charge in [0.05, 0.1) is 12.2 Å². The van der Waals surface area contributed by atoms with Crippen LogP contribution in [0.3, 0.4) is 0 Å². The van der Waals surface area contributed by atoms with Crippen LogP contribution in [-0.2, 0) is 4.79 Å². The van der Waals surface area contributed by atoms with Gasteiger partial charge in [-0.3, -0.25) is 9.59 Å². The molecule has 2 aromatic rings. The summed E-state index contributed by atoms with van der Waals surface area (Å²) in [6.07, 6.45) is 0.856. The molecule has 0 aliphatic rings. The van der Waals surface area contributed by atoms with Crippen LogP contribution in [0.1, 0.15) is 36.2 Å². The van der Waals surface area contributed by atoms with Gasteiger partial charge in [0.15, 0.2) is 0 Å². The summed E-state index contributed by atoms with van der Waals surface area (Å²) >= 11 is 3.38. The van der Waals surface area contributed by atoms with Crippen molar-refractivity contribution < 1.29 is 14.3 Å². The van der Waals surface area contributed by atoms with E-state index in [0.717, 1.165) is 16.5 Å². The molecule has 0 unspecified atom stereocenters. The number of hydrogen-bond acceptors (Lipinski definition) is 3. The number of hydrogen-bond donors (Lipinski definition) is 2. The Hall–Kier alpha value is -2.34. The summed E-state index contributed by atoms with van der Waals surface area (Å²) in [4.78, 5) is 24.0. The Balaban J connectivity index is 2.25. The van der Waals surface area contributed by atoms with Gasteiger partial charge in [-0.05, 0) is 49.2 Å². The molecule has 0 aliphatic heterocycles. The molecule has 2 N–H and O–H groups in total. The third-order valence-corrected chi connectivity index (χ3v) is 3.95. The number of anilines is 2. The highest BCUT2D eigenvalue weighted by Gasteiger charge is 2.14. The van der Waals surface area contributed by atoms with E-state index < -0.39 is 0 Å². The van der Waals surface area contributed by atoms with E-state index in [-0.39, 0.29) is 11.8 Å². The maximum absolute atomic E-state index is 12.7. The number of nitrogens with one attached hydrogen (secondary N) is 2. The van der Waals surface area contributed by atoms with Gasteiger partial charge in [0.1, 0.15) is 5.75 Å². The predicted octanol–water partition coefficient (Wildman–Crippen LogP) is 4.76. The monoisotopic (exact) mass is 404 g/mol. The van der Waals surface area contributed by atoms with E-state index in [2.05, 4.69) is 26.6 Å². The van der Waals surface area contributed by atoms with Gasteiger partial charge in [0, 0.05) is 22.8 Å². The fraction of sp³-hybridized carbons (Fsp3) is 0.263. The SMILES string of the molecule is CCCOc1ccc(Br)cc1C(=O)Nc1ccc(C)c(NC(C)=O)c1. The summed E-state index contributed by atoms with van der Waals surface area (Å²) in [5.41, 5.74) is 2.63. The highest BCUT2D eigenvalue weighted by atomic mass is 79.9. The van der Waals surface area contributed by atoms with Crippen molar-refractivity contribution in [2.75, 3.05) is 17.2 Å². The van der Waals surface area contributed by atoms with Crippen LogP contribution in [-0.4, -0.2) is 18.4 Å². The van der Waals surface area contributed by atoms with Gasteiger partial charge in [-0.2, -0.15) is 0 Å². The lowest BCUT2D eigenvalue weighted by atomic mass is 10.1. The molecule has 2 rings (SSSR count). The third-order valence-electron chi connectivity index (χ3n) is 3.45. The second kappa shape index (κ2) is 8.67. The lowest BCUT2D eigenvalue weighted by Gasteiger charge is -2.13. The van der Waals surface area contributed by atoms with Crippen LogP contribution in [0.25, 0.3) is 0 Å². The standard InChI is InChI=1S/C19H21BrN2O3/c1-4-9-25-18-8-6-14(20)10-16(18)19(24)22-15-7-5-12(2)17(11-15)21-13(3)23/h5-8,10-11H,4,9H2,1-3H3,(H,21,23)(H,22,24). The normalized spacial score (nSPS) is 10.2. The zero-order chi connectivity index (χ0) is 18.4. The topological polar surface area (TPSA) is 67.4 Å². The maximum Gasteiger partial charge on any atom is 0.259 e. The largest absolute Gasteiger partial charge is 0.493 e. The number of benzene rings is 2. The molecule has 6 heteroatoms. The van der Waals surface area contributed by atoms with Gasteiger partial charge in [-0.1, -0.05) is 28.9 Å². The lowest BCUT2D eigenvalue weighted by molar-refractivity contribution is -0.114. The Labute approximate surface area is 155 Å². The number of rotatable bonds is 6. The van der Waals surface area contributed by atoms with Crippen LogP contribution in [0, 0.1) is 6.92 Å². The highest BCUT2D eigenvalue weighted by Crippen LogP contribution is 2.26. The fourth-order valence-corrected chi connectivity index (χ4v) is 2.60. The van der Waals surface area contributed by atoms with Gasteiger partial charge < -0.3 is 15.4 Å². The average molecular weight is 405 g/mol. The Morgan fingerprint density at radius 2 is 1.88 bits per heavy atom. The number of amides is 2. The van der Waals surface area contributed by atoms with Crippen LogP contribution in [0.4, 0.5) is 11.4 Å². The molecule has 0 saturated heterocycles. The van der Waals surface area contributed by atoms with Crippen molar-refractivity contribution in [1.29, 1.82) is 0 Å². The first-order chi connectivity index (χ1) is 11.9. The molecule has 0 atom stereocenters. The van der Waals surface area contributed by atoms with Crippen LogP contribution in [0.5, 0.6) is 5.75 Å². The smallest absolute Gasteiger partial charge is 0.259 e. The van der Waals surface area contributed by atoms with Gasteiger partial charge in [-0.25, -0.2) is 0 Å². The van der Waals surface area contributed by atoms with Gasteiger partial charge in [0.2, 0.25) is 5.91 Å². The molecule has 0 aliphatic carbocycles. The number of ether oxygens (including phenoxy) is 1. The molecule has 2 amide bonds. The molecule has 0 bridgehead atoms. The Morgan fingerprint density at radius 1 is 1.12 bits per heavy atom. The molecular weight excluding hydrogens is 384 g/mol. The van der Waals surface area contributed by atoms with Crippen LogP contribution in [0.15, 0.2) is 40.9 Å². The number of carbonyl (C=O) groups is 2. The summed E-state index contributed by atoms with van der Waals surface area (Å²) < 4.78 is 6.45. The second-order valence-electron chi connectivity index (χ2n) is 5.65. The highest BCUT2D eigenvalue weighted by molar-refractivity contribution is 9.10. The molecule has 25 heavy (non-hydrogen) atoms. The van der Waals surface area contributed by atoms with Crippen molar-refractivity contribution in [2.45, 2.75) is 27.2 Å². The number of aryl methyl sites for hydroxylation is 1. The van der Waals surface area contributed by atoms with E-state index in [1.165, 1.54) is 6.92 Å². The summed E-state index contributed by atoms with van der Waals surface area (Å²) in [7, 11) is 0. The molecule has 0 radical (unpaired) electrons. The summed E-state index contributed by atoms with van der Waals surface area (Å²) in [6, 6.07) is 10.7. The molecule has 0 fully saturated rings. The van der Waals surface area contributed by atoms with Crippen LogP contribution < -0.4 is 15.4 Å². The van der Waals surface area contributed by atoms with Crippen molar-refractivity contribution in [2.24, 2.45) is 0 Å². The minimum Gasteiger partial charge on any atom is -0.493 e. The third kappa shape index (κ3) is 5.32. The Kier molecular flexibility index (Phi) is 6.58. The first kappa shape index (κ1) is 19.0. The summed E-state index contributed by atoms with van der Waals surface area (Å²) in [5.74, 6) is 0.107.